The molecule has 0 aliphatic rings. The van der Waals surface area contributed by atoms with Crippen molar-refractivity contribution in [1.82, 2.24) is 10.1 Å². The fraction of sp³-hybridized carbons (Fsp3) is 0.500. The standard InChI is InChI=1S/C8H13N3O2/c1-3-11(2)6-8(12)9-7-4-5-13-10-7/h4-5H,3,6H2,1-2H3,(H,9,10,12). The quantitative estimate of drug-likeness (QED) is 0.741. The van der Waals surface area contributed by atoms with E-state index in [1.54, 1.807) is 6.07 Å². The Morgan fingerprint density at radius 1 is 1.77 bits per heavy atom. The smallest absolute Gasteiger partial charge is 0.239 e. The molecule has 0 spiro atoms. The lowest BCUT2D eigenvalue weighted by molar-refractivity contribution is -0.117. The van der Waals surface area contributed by atoms with E-state index in [0.717, 1.165) is 6.54 Å². The van der Waals surface area contributed by atoms with Crippen LogP contribution in [0.1, 0.15) is 6.92 Å². The fourth-order valence-electron chi connectivity index (χ4n) is 0.816. The van der Waals surface area contributed by atoms with Gasteiger partial charge in [0.15, 0.2) is 5.82 Å². The average molecular weight is 183 g/mol. The summed E-state index contributed by atoms with van der Waals surface area (Å²) in [6, 6.07) is 1.60. The predicted molar refractivity (Wildman–Crippen MR) is 48.3 cm³/mol. The van der Waals surface area contributed by atoms with Gasteiger partial charge in [-0.3, -0.25) is 9.69 Å². The molecule has 0 atom stereocenters. The van der Waals surface area contributed by atoms with Gasteiger partial charge in [0.25, 0.3) is 0 Å². The Bertz CT molecular complexity index is 258. The number of amides is 1. The Labute approximate surface area is 76.7 Å². The predicted octanol–water partition coefficient (Wildman–Crippen LogP) is 0.565. The maximum Gasteiger partial charge on any atom is 0.239 e. The number of likely N-dealkylation sites (N-methyl/N-ethyl adjacent to an activating group) is 1. The van der Waals surface area contributed by atoms with Crippen molar-refractivity contribution in [2.45, 2.75) is 6.92 Å². The molecule has 0 radical (unpaired) electrons. The van der Waals surface area contributed by atoms with E-state index in [1.165, 1.54) is 6.26 Å². The van der Waals surface area contributed by atoms with Crippen LogP contribution in [0.5, 0.6) is 0 Å². The molecule has 0 saturated heterocycles. The highest BCUT2D eigenvalue weighted by atomic mass is 16.5. The van der Waals surface area contributed by atoms with Crippen molar-refractivity contribution in [3.63, 3.8) is 0 Å². The summed E-state index contributed by atoms with van der Waals surface area (Å²) in [6.07, 6.45) is 1.42. The fourth-order valence-corrected chi connectivity index (χ4v) is 0.816. The van der Waals surface area contributed by atoms with E-state index in [0.29, 0.717) is 12.4 Å². The van der Waals surface area contributed by atoms with Crippen molar-refractivity contribution >= 4 is 11.7 Å². The van der Waals surface area contributed by atoms with E-state index in [4.69, 9.17) is 0 Å². The molecule has 0 unspecified atom stereocenters. The number of aromatic nitrogens is 1. The maximum absolute atomic E-state index is 11.2. The number of carbonyl (C=O) groups is 1. The van der Waals surface area contributed by atoms with Gasteiger partial charge in [0.05, 0.1) is 6.54 Å². The lowest BCUT2D eigenvalue weighted by Crippen LogP contribution is -2.29. The number of hydrogen-bond donors (Lipinski definition) is 1. The van der Waals surface area contributed by atoms with Crippen molar-refractivity contribution in [2.75, 3.05) is 25.5 Å². The number of rotatable bonds is 4. The van der Waals surface area contributed by atoms with Crippen LogP contribution in [-0.2, 0) is 4.79 Å². The van der Waals surface area contributed by atoms with Gasteiger partial charge in [0.1, 0.15) is 6.26 Å². The molecule has 0 aromatic carbocycles. The Morgan fingerprint density at radius 2 is 2.54 bits per heavy atom. The second-order valence-electron chi connectivity index (χ2n) is 2.76. The molecule has 13 heavy (non-hydrogen) atoms. The molecule has 0 saturated carbocycles. The van der Waals surface area contributed by atoms with Gasteiger partial charge < -0.3 is 9.84 Å². The van der Waals surface area contributed by atoms with Crippen LogP contribution in [0.4, 0.5) is 5.82 Å². The first-order valence-corrected chi connectivity index (χ1v) is 4.11. The highest BCUT2D eigenvalue weighted by Gasteiger charge is 2.06. The number of carbonyl (C=O) groups excluding carboxylic acids is 1. The monoisotopic (exact) mass is 183 g/mol. The molecule has 1 N–H and O–H groups in total. The minimum Gasteiger partial charge on any atom is -0.363 e. The SMILES string of the molecule is CCN(C)CC(=O)Nc1ccon1. The van der Waals surface area contributed by atoms with Crippen LogP contribution in [0, 0.1) is 0 Å². The van der Waals surface area contributed by atoms with E-state index in [-0.39, 0.29) is 5.91 Å². The largest absolute Gasteiger partial charge is 0.363 e. The first-order chi connectivity index (χ1) is 6.22. The van der Waals surface area contributed by atoms with Crippen LogP contribution in [-0.4, -0.2) is 36.1 Å². The van der Waals surface area contributed by atoms with Crippen molar-refractivity contribution in [1.29, 1.82) is 0 Å². The van der Waals surface area contributed by atoms with Gasteiger partial charge >= 0.3 is 0 Å². The molecule has 1 heterocycles. The van der Waals surface area contributed by atoms with Gasteiger partial charge in [0.2, 0.25) is 5.91 Å². The molecule has 1 amide bonds. The Morgan fingerprint density at radius 3 is 3.08 bits per heavy atom. The minimum absolute atomic E-state index is 0.0850. The molecule has 1 aromatic rings. The number of anilines is 1. The van der Waals surface area contributed by atoms with Gasteiger partial charge in [-0.05, 0) is 13.6 Å². The molecule has 0 bridgehead atoms. The molecule has 0 fully saturated rings. The van der Waals surface area contributed by atoms with Crippen LogP contribution in [0.25, 0.3) is 0 Å². The molecule has 0 aliphatic heterocycles. The minimum atomic E-state index is -0.0850. The molecule has 1 rings (SSSR count). The third-order valence-electron chi connectivity index (χ3n) is 1.66. The van der Waals surface area contributed by atoms with E-state index >= 15 is 0 Å². The molecule has 5 heteroatoms. The van der Waals surface area contributed by atoms with Gasteiger partial charge in [-0.1, -0.05) is 12.1 Å². The van der Waals surface area contributed by atoms with E-state index < -0.39 is 0 Å². The van der Waals surface area contributed by atoms with E-state index in [1.807, 2.05) is 18.9 Å². The lowest BCUT2D eigenvalue weighted by atomic mass is 10.5. The summed E-state index contributed by atoms with van der Waals surface area (Å²) in [5.41, 5.74) is 0. The second kappa shape index (κ2) is 4.61. The zero-order valence-corrected chi connectivity index (χ0v) is 7.78. The van der Waals surface area contributed by atoms with Gasteiger partial charge in [-0.15, -0.1) is 0 Å². The third kappa shape index (κ3) is 3.25. The van der Waals surface area contributed by atoms with Crippen LogP contribution >= 0.6 is 0 Å². The average Bonchev–Trinajstić information content (AvgIpc) is 2.56. The van der Waals surface area contributed by atoms with Crippen LogP contribution in [0.15, 0.2) is 16.9 Å². The van der Waals surface area contributed by atoms with Crippen LogP contribution < -0.4 is 5.32 Å². The van der Waals surface area contributed by atoms with E-state index in [9.17, 15) is 4.79 Å². The summed E-state index contributed by atoms with van der Waals surface area (Å²) in [6.45, 7) is 3.19. The molecule has 1 aromatic heterocycles. The van der Waals surface area contributed by atoms with Crippen molar-refractivity contribution in [3.05, 3.63) is 12.3 Å². The summed E-state index contributed by atoms with van der Waals surface area (Å²) in [5, 5.41) is 6.17. The first kappa shape index (κ1) is 9.73. The summed E-state index contributed by atoms with van der Waals surface area (Å²) >= 11 is 0. The highest BCUT2D eigenvalue weighted by molar-refractivity contribution is 5.91. The van der Waals surface area contributed by atoms with Crippen molar-refractivity contribution < 1.29 is 9.32 Å². The zero-order chi connectivity index (χ0) is 9.68. The molecular formula is C8H13N3O2. The Balaban J connectivity index is 2.34. The van der Waals surface area contributed by atoms with Gasteiger partial charge in [-0.25, -0.2) is 0 Å². The normalized spacial score (nSPS) is 10.4. The van der Waals surface area contributed by atoms with E-state index in [2.05, 4.69) is 15.0 Å². The van der Waals surface area contributed by atoms with Gasteiger partial charge in [0, 0.05) is 6.07 Å². The van der Waals surface area contributed by atoms with Crippen molar-refractivity contribution in [3.8, 4) is 0 Å². The second-order valence-corrected chi connectivity index (χ2v) is 2.76. The van der Waals surface area contributed by atoms with Gasteiger partial charge in [-0.2, -0.15) is 0 Å². The van der Waals surface area contributed by atoms with Crippen LogP contribution in [0.3, 0.4) is 0 Å². The third-order valence-corrected chi connectivity index (χ3v) is 1.66. The molecule has 72 valence electrons. The summed E-state index contributed by atoms with van der Waals surface area (Å²) in [5.74, 6) is 0.368. The highest BCUT2D eigenvalue weighted by Crippen LogP contribution is 2.00. The number of nitrogens with zero attached hydrogens (tertiary/aromatic N) is 2. The zero-order valence-electron chi connectivity index (χ0n) is 7.78. The maximum atomic E-state index is 11.2. The first-order valence-electron chi connectivity index (χ1n) is 4.11. The summed E-state index contributed by atoms with van der Waals surface area (Å²) in [4.78, 5) is 13.1. The van der Waals surface area contributed by atoms with Crippen LogP contribution in [0.2, 0.25) is 0 Å². The summed E-state index contributed by atoms with van der Waals surface area (Å²) < 4.78 is 4.57. The lowest BCUT2D eigenvalue weighted by Gasteiger charge is -2.11. The topological polar surface area (TPSA) is 58.4 Å². The molecular weight excluding hydrogens is 170 g/mol. The van der Waals surface area contributed by atoms with Crippen molar-refractivity contribution in [2.24, 2.45) is 0 Å². The number of hydrogen-bond acceptors (Lipinski definition) is 4. The molecule has 5 nitrogen and oxygen atoms in total. The number of nitrogens with one attached hydrogen (secondary N) is 1. The Hall–Kier alpha value is -1.36. The Kier molecular flexibility index (Phi) is 3.45. The summed E-state index contributed by atoms with van der Waals surface area (Å²) in [7, 11) is 1.88. The molecule has 0 aliphatic carbocycles.